The number of carbonyl (C=O) groups excluding carboxylic acids is 2. The Morgan fingerprint density at radius 2 is 1.83 bits per heavy atom. The van der Waals surface area contributed by atoms with Gasteiger partial charge in [-0.3, -0.25) is 4.79 Å². The van der Waals surface area contributed by atoms with Crippen molar-refractivity contribution in [2.24, 2.45) is 0 Å². The van der Waals surface area contributed by atoms with Crippen LogP contribution < -0.4 is 5.32 Å². The number of aryl methyl sites for hydroxylation is 1. The molecule has 0 saturated carbocycles. The molecular formula is C21H24N2O5S2. The number of esters is 1. The zero-order chi connectivity index (χ0) is 21.3. The fraction of sp³-hybridized carbons (Fsp3) is 0.429. The van der Waals surface area contributed by atoms with Gasteiger partial charge in [-0.25, -0.2) is 13.2 Å². The van der Waals surface area contributed by atoms with E-state index >= 15 is 0 Å². The number of nitrogens with one attached hydrogen (secondary N) is 1. The van der Waals surface area contributed by atoms with Crippen LogP contribution in [0.5, 0.6) is 0 Å². The minimum atomic E-state index is -3.61. The highest BCUT2D eigenvalue weighted by Crippen LogP contribution is 2.38. The molecular weight excluding hydrogens is 424 g/mol. The van der Waals surface area contributed by atoms with Crippen LogP contribution >= 0.6 is 11.3 Å². The lowest BCUT2D eigenvalue weighted by atomic mass is 9.95. The van der Waals surface area contributed by atoms with Crippen molar-refractivity contribution in [3.05, 3.63) is 45.8 Å². The molecule has 1 amide bonds. The molecule has 1 aromatic carbocycles. The van der Waals surface area contributed by atoms with Crippen molar-refractivity contribution in [2.75, 3.05) is 25.5 Å². The van der Waals surface area contributed by atoms with E-state index in [0.29, 0.717) is 23.7 Å². The van der Waals surface area contributed by atoms with E-state index in [1.54, 1.807) is 12.1 Å². The van der Waals surface area contributed by atoms with Gasteiger partial charge >= 0.3 is 5.97 Å². The van der Waals surface area contributed by atoms with Crippen LogP contribution in [0.15, 0.2) is 29.2 Å². The van der Waals surface area contributed by atoms with E-state index in [4.69, 9.17) is 4.74 Å². The summed E-state index contributed by atoms with van der Waals surface area (Å²) in [6.07, 6.45) is 5.41. The predicted molar refractivity (Wildman–Crippen MR) is 115 cm³/mol. The molecule has 2 aromatic rings. The number of ether oxygens (including phenoxy) is 1. The highest BCUT2D eigenvalue weighted by atomic mass is 32.2. The maximum absolute atomic E-state index is 12.9. The van der Waals surface area contributed by atoms with Gasteiger partial charge < -0.3 is 10.1 Å². The molecule has 1 saturated heterocycles. The van der Waals surface area contributed by atoms with Crippen LogP contribution in [0.3, 0.4) is 0 Å². The zero-order valence-corrected chi connectivity index (χ0v) is 18.4. The van der Waals surface area contributed by atoms with Crippen LogP contribution in [-0.4, -0.2) is 44.8 Å². The van der Waals surface area contributed by atoms with Crippen LogP contribution in [0.4, 0.5) is 5.00 Å². The SMILES string of the molecule is COC(=O)c1c(NC(=O)c2cccc(S(=O)(=O)N3CCCC3)c2)sc2c1CCCC2. The Morgan fingerprint density at radius 3 is 2.57 bits per heavy atom. The second-order valence-corrected chi connectivity index (χ2v) is 10.5. The maximum atomic E-state index is 12.9. The molecule has 0 spiro atoms. The van der Waals surface area contributed by atoms with Crippen molar-refractivity contribution in [3.63, 3.8) is 0 Å². The number of fused-ring (bicyclic) bond motifs is 1. The van der Waals surface area contributed by atoms with Gasteiger partial charge in [-0.15, -0.1) is 11.3 Å². The van der Waals surface area contributed by atoms with Crippen molar-refractivity contribution < 1.29 is 22.7 Å². The first-order valence-electron chi connectivity index (χ1n) is 10.1. The maximum Gasteiger partial charge on any atom is 0.341 e. The molecule has 0 bridgehead atoms. The fourth-order valence-corrected chi connectivity index (χ4v) is 6.86. The third-order valence-corrected chi connectivity index (χ3v) is 8.69. The Bertz CT molecular complexity index is 1080. The number of nitrogens with zero attached hydrogens (tertiary/aromatic N) is 1. The first kappa shape index (κ1) is 21.0. The van der Waals surface area contributed by atoms with Crippen molar-refractivity contribution in [1.29, 1.82) is 0 Å². The van der Waals surface area contributed by atoms with E-state index < -0.39 is 21.9 Å². The van der Waals surface area contributed by atoms with E-state index in [1.165, 1.54) is 34.9 Å². The fourth-order valence-electron chi connectivity index (χ4n) is 4.02. The second-order valence-electron chi connectivity index (χ2n) is 7.50. The number of anilines is 1. The van der Waals surface area contributed by atoms with Crippen LogP contribution in [0.25, 0.3) is 0 Å². The average Bonchev–Trinajstić information content (AvgIpc) is 3.41. The van der Waals surface area contributed by atoms with E-state index in [0.717, 1.165) is 49.0 Å². The summed E-state index contributed by atoms with van der Waals surface area (Å²) in [5.74, 6) is -0.910. The average molecular weight is 449 g/mol. The Kier molecular flexibility index (Phi) is 5.95. The summed E-state index contributed by atoms with van der Waals surface area (Å²) >= 11 is 1.40. The molecule has 4 rings (SSSR count). The van der Waals surface area contributed by atoms with Crippen molar-refractivity contribution in [1.82, 2.24) is 4.31 Å². The lowest BCUT2D eigenvalue weighted by Gasteiger charge is -2.16. The van der Waals surface area contributed by atoms with E-state index in [1.807, 2.05) is 0 Å². The van der Waals surface area contributed by atoms with Crippen molar-refractivity contribution in [3.8, 4) is 0 Å². The molecule has 1 aliphatic heterocycles. The summed E-state index contributed by atoms with van der Waals surface area (Å²) < 4.78 is 32.0. The first-order chi connectivity index (χ1) is 14.4. The highest BCUT2D eigenvalue weighted by Gasteiger charge is 2.29. The predicted octanol–water partition coefficient (Wildman–Crippen LogP) is 3.45. The monoisotopic (exact) mass is 448 g/mol. The molecule has 0 radical (unpaired) electrons. The number of hydrogen-bond acceptors (Lipinski definition) is 6. The van der Waals surface area contributed by atoms with Gasteiger partial charge in [0, 0.05) is 23.5 Å². The Morgan fingerprint density at radius 1 is 1.10 bits per heavy atom. The quantitative estimate of drug-likeness (QED) is 0.707. The zero-order valence-electron chi connectivity index (χ0n) is 16.8. The van der Waals surface area contributed by atoms with Crippen LogP contribution in [0.2, 0.25) is 0 Å². The summed E-state index contributed by atoms with van der Waals surface area (Å²) in [4.78, 5) is 26.5. The van der Waals surface area contributed by atoms with Crippen LogP contribution in [0, 0.1) is 0 Å². The van der Waals surface area contributed by atoms with Gasteiger partial charge in [0.2, 0.25) is 10.0 Å². The number of amides is 1. The summed E-state index contributed by atoms with van der Waals surface area (Å²) in [5, 5.41) is 3.28. The summed E-state index contributed by atoms with van der Waals surface area (Å²) in [6.45, 7) is 1.00. The lowest BCUT2D eigenvalue weighted by molar-refractivity contribution is 0.0601. The molecule has 1 aromatic heterocycles. The lowest BCUT2D eigenvalue weighted by Crippen LogP contribution is -2.28. The van der Waals surface area contributed by atoms with Gasteiger partial charge in [0.15, 0.2) is 0 Å². The van der Waals surface area contributed by atoms with Crippen molar-refractivity contribution >= 4 is 38.2 Å². The van der Waals surface area contributed by atoms with Gasteiger partial charge in [-0.05, 0) is 62.3 Å². The van der Waals surface area contributed by atoms with Gasteiger partial charge in [0.25, 0.3) is 5.91 Å². The van der Waals surface area contributed by atoms with Gasteiger partial charge in [0.1, 0.15) is 5.00 Å². The highest BCUT2D eigenvalue weighted by molar-refractivity contribution is 7.89. The second kappa shape index (κ2) is 8.49. The van der Waals surface area contributed by atoms with Crippen LogP contribution in [-0.2, 0) is 27.6 Å². The Labute approximate surface area is 180 Å². The molecule has 0 atom stereocenters. The normalized spacial score (nSPS) is 16.8. The molecule has 7 nitrogen and oxygen atoms in total. The molecule has 1 aliphatic carbocycles. The third kappa shape index (κ3) is 3.89. The minimum Gasteiger partial charge on any atom is -0.465 e. The topological polar surface area (TPSA) is 92.8 Å². The number of benzene rings is 1. The van der Waals surface area contributed by atoms with Gasteiger partial charge in [-0.1, -0.05) is 6.07 Å². The van der Waals surface area contributed by atoms with Gasteiger partial charge in [-0.2, -0.15) is 4.31 Å². The summed E-state index contributed by atoms with van der Waals surface area (Å²) in [7, 11) is -2.29. The van der Waals surface area contributed by atoms with Crippen molar-refractivity contribution in [2.45, 2.75) is 43.4 Å². The summed E-state index contributed by atoms with van der Waals surface area (Å²) in [5.41, 5.74) is 1.61. The largest absolute Gasteiger partial charge is 0.465 e. The number of carbonyl (C=O) groups is 2. The molecule has 2 heterocycles. The number of rotatable bonds is 5. The molecule has 1 fully saturated rings. The Balaban J connectivity index is 1.62. The van der Waals surface area contributed by atoms with E-state index in [9.17, 15) is 18.0 Å². The summed E-state index contributed by atoms with van der Waals surface area (Å²) in [6, 6.07) is 6.05. The first-order valence-corrected chi connectivity index (χ1v) is 12.3. The number of hydrogen-bond donors (Lipinski definition) is 1. The van der Waals surface area contributed by atoms with Crippen LogP contribution in [0.1, 0.15) is 56.8 Å². The standard InChI is InChI=1S/C21H24N2O5S2/c1-28-21(25)18-16-9-2-3-10-17(16)29-20(18)22-19(24)14-7-6-8-15(13-14)30(26,27)23-11-4-5-12-23/h6-8,13H,2-5,9-12H2,1H3,(H,22,24). The molecule has 2 aliphatic rings. The Hall–Kier alpha value is -2.23. The van der Waals surface area contributed by atoms with Gasteiger partial charge in [0.05, 0.1) is 17.6 Å². The molecule has 9 heteroatoms. The molecule has 160 valence electrons. The molecule has 30 heavy (non-hydrogen) atoms. The molecule has 0 unspecified atom stereocenters. The number of thiophene rings is 1. The number of methoxy groups -OCH3 is 1. The van der Waals surface area contributed by atoms with E-state index in [2.05, 4.69) is 5.32 Å². The molecule has 1 N–H and O–H groups in total. The smallest absolute Gasteiger partial charge is 0.341 e. The minimum absolute atomic E-state index is 0.107. The number of sulfonamides is 1. The third-order valence-electron chi connectivity index (χ3n) is 5.59. The van der Waals surface area contributed by atoms with E-state index in [-0.39, 0.29) is 10.5 Å².